The molecule has 0 saturated heterocycles. The lowest BCUT2D eigenvalue weighted by Crippen LogP contribution is -2.17. The number of nitrogens with one attached hydrogen (secondary N) is 1. The Morgan fingerprint density at radius 2 is 2.00 bits per heavy atom. The number of nitrogens with zero attached hydrogens (tertiary/aromatic N) is 2. The van der Waals surface area contributed by atoms with Crippen molar-refractivity contribution in [3.05, 3.63) is 76.7 Å². The summed E-state index contributed by atoms with van der Waals surface area (Å²) in [6.45, 7) is 2.60. The second-order valence-electron chi connectivity index (χ2n) is 8.43. The molecule has 5 rings (SSSR count). The molecule has 0 bridgehead atoms. The number of anilines is 1. The number of thiophene rings is 1. The molecule has 0 atom stereocenters. The molecule has 4 aromatic rings. The van der Waals surface area contributed by atoms with Gasteiger partial charge < -0.3 is 19.0 Å². The van der Waals surface area contributed by atoms with E-state index >= 15 is 0 Å². The summed E-state index contributed by atoms with van der Waals surface area (Å²) in [6, 6.07) is 13.8. The van der Waals surface area contributed by atoms with E-state index < -0.39 is 0 Å². The Morgan fingerprint density at radius 3 is 2.78 bits per heavy atom. The first kappa shape index (κ1) is 24.4. The lowest BCUT2D eigenvalue weighted by atomic mass is 9.95. The first-order chi connectivity index (χ1) is 17.6. The lowest BCUT2D eigenvalue weighted by Gasteiger charge is -2.12. The van der Waals surface area contributed by atoms with Gasteiger partial charge in [0.15, 0.2) is 5.16 Å². The summed E-state index contributed by atoms with van der Waals surface area (Å²) in [6.07, 6.45) is 7.39. The Hall–Kier alpha value is -3.30. The summed E-state index contributed by atoms with van der Waals surface area (Å²) >= 11 is 2.86. The lowest BCUT2D eigenvalue weighted by molar-refractivity contribution is -0.113. The number of ether oxygens (including phenoxy) is 1. The number of carbonyl (C=O) groups excluding carboxylic acids is 2. The fourth-order valence-corrected chi connectivity index (χ4v) is 6.46. The van der Waals surface area contributed by atoms with Crippen LogP contribution in [0, 0.1) is 0 Å². The number of amides is 1. The molecule has 36 heavy (non-hydrogen) atoms. The van der Waals surface area contributed by atoms with Crippen molar-refractivity contribution in [3.8, 4) is 11.3 Å². The SMILES string of the molecule is CCOC(=O)c1c(NC(=O)CSc2ncc(-c3ccccc3)n2Cc2ccco2)sc2c1CCCC2. The highest BCUT2D eigenvalue weighted by molar-refractivity contribution is 7.99. The molecule has 1 aliphatic rings. The maximum Gasteiger partial charge on any atom is 0.341 e. The van der Waals surface area contributed by atoms with Crippen molar-refractivity contribution in [2.24, 2.45) is 0 Å². The third-order valence-corrected chi connectivity index (χ3v) is 8.22. The molecule has 3 heterocycles. The molecule has 0 unspecified atom stereocenters. The maximum absolute atomic E-state index is 13.0. The summed E-state index contributed by atoms with van der Waals surface area (Å²) in [5.41, 5.74) is 3.55. The number of hydrogen-bond acceptors (Lipinski definition) is 7. The molecule has 0 aliphatic heterocycles. The van der Waals surface area contributed by atoms with E-state index in [0.29, 0.717) is 23.7 Å². The van der Waals surface area contributed by atoms with Gasteiger partial charge in [-0.25, -0.2) is 9.78 Å². The standard InChI is InChI=1S/C27H27N3O4S2/c1-2-33-26(32)24-20-12-6-7-13-22(20)36-25(24)29-23(31)17-35-27-28-15-21(18-9-4-3-5-10-18)30(27)16-19-11-8-14-34-19/h3-5,8-11,14-15H,2,6-7,12-13,16-17H2,1H3,(H,29,31). The smallest absolute Gasteiger partial charge is 0.341 e. The van der Waals surface area contributed by atoms with Crippen molar-refractivity contribution in [2.75, 3.05) is 17.7 Å². The zero-order valence-electron chi connectivity index (χ0n) is 20.0. The Morgan fingerprint density at radius 1 is 1.17 bits per heavy atom. The molecule has 0 saturated carbocycles. The third kappa shape index (κ3) is 5.27. The van der Waals surface area contributed by atoms with Gasteiger partial charge in [-0.15, -0.1) is 11.3 Å². The van der Waals surface area contributed by atoms with E-state index in [-0.39, 0.29) is 17.6 Å². The highest BCUT2D eigenvalue weighted by Crippen LogP contribution is 2.39. The van der Waals surface area contributed by atoms with E-state index in [4.69, 9.17) is 9.15 Å². The van der Waals surface area contributed by atoms with Crippen LogP contribution in [0.15, 0.2) is 64.5 Å². The van der Waals surface area contributed by atoms with Gasteiger partial charge in [0.2, 0.25) is 5.91 Å². The molecule has 0 spiro atoms. The zero-order chi connectivity index (χ0) is 24.9. The van der Waals surface area contributed by atoms with Crippen molar-refractivity contribution in [1.82, 2.24) is 9.55 Å². The van der Waals surface area contributed by atoms with Gasteiger partial charge >= 0.3 is 5.97 Å². The van der Waals surface area contributed by atoms with Gasteiger partial charge in [-0.1, -0.05) is 42.1 Å². The van der Waals surface area contributed by atoms with Crippen LogP contribution in [-0.4, -0.2) is 33.8 Å². The number of imidazole rings is 1. The van der Waals surface area contributed by atoms with Crippen molar-refractivity contribution in [2.45, 2.75) is 44.3 Å². The third-order valence-electron chi connectivity index (χ3n) is 6.02. The predicted molar refractivity (Wildman–Crippen MR) is 142 cm³/mol. The van der Waals surface area contributed by atoms with Gasteiger partial charge in [0, 0.05) is 4.88 Å². The highest BCUT2D eigenvalue weighted by atomic mass is 32.2. The summed E-state index contributed by atoms with van der Waals surface area (Å²) in [5, 5.41) is 4.29. The fourth-order valence-electron chi connectivity index (χ4n) is 4.39. The van der Waals surface area contributed by atoms with E-state index in [1.54, 1.807) is 13.2 Å². The van der Waals surface area contributed by atoms with Crippen molar-refractivity contribution in [3.63, 3.8) is 0 Å². The molecule has 1 aliphatic carbocycles. The topological polar surface area (TPSA) is 86.4 Å². The van der Waals surface area contributed by atoms with Crippen LogP contribution in [0.3, 0.4) is 0 Å². The number of aromatic nitrogens is 2. The molecule has 7 nitrogen and oxygen atoms in total. The quantitative estimate of drug-likeness (QED) is 0.213. The second kappa shape index (κ2) is 11.2. The van der Waals surface area contributed by atoms with E-state index in [9.17, 15) is 9.59 Å². The summed E-state index contributed by atoms with van der Waals surface area (Å²) < 4.78 is 12.9. The van der Waals surface area contributed by atoms with Gasteiger partial charge in [0.05, 0.1) is 42.6 Å². The largest absolute Gasteiger partial charge is 0.467 e. The molecule has 1 N–H and O–H groups in total. The highest BCUT2D eigenvalue weighted by Gasteiger charge is 2.27. The van der Waals surface area contributed by atoms with Crippen molar-refractivity contribution >= 4 is 40.0 Å². The van der Waals surface area contributed by atoms with Crippen molar-refractivity contribution < 1.29 is 18.7 Å². The van der Waals surface area contributed by atoms with E-state index in [0.717, 1.165) is 53.4 Å². The summed E-state index contributed by atoms with van der Waals surface area (Å²) in [7, 11) is 0. The number of fused-ring (bicyclic) bond motifs is 1. The number of carbonyl (C=O) groups is 2. The minimum atomic E-state index is -0.360. The van der Waals surface area contributed by atoms with Crippen LogP contribution in [0.5, 0.6) is 0 Å². The number of esters is 1. The first-order valence-electron chi connectivity index (χ1n) is 12.0. The van der Waals surface area contributed by atoms with Crippen molar-refractivity contribution in [1.29, 1.82) is 0 Å². The van der Waals surface area contributed by atoms with Gasteiger partial charge in [-0.2, -0.15) is 0 Å². The zero-order valence-corrected chi connectivity index (χ0v) is 21.6. The first-order valence-corrected chi connectivity index (χ1v) is 13.8. The molecule has 9 heteroatoms. The number of thioether (sulfide) groups is 1. The Balaban J connectivity index is 1.34. The van der Waals surface area contributed by atoms with Gasteiger partial charge in [0.25, 0.3) is 0 Å². The van der Waals surface area contributed by atoms with Crippen LogP contribution in [-0.2, 0) is 28.9 Å². The normalized spacial score (nSPS) is 12.8. The molecule has 186 valence electrons. The fraction of sp³-hybridized carbons (Fsp3) is 0.296. The number of furan rings is 1. The molecular weight excluding hydrogens is 494 g/mol. The van der Waals surface area contributed by atoms with Crippen LogP contribution < -0.4 is 5.32 Å². The Labute approximate surface area is 217 Å². The predicted octanol–water partition coefficient (Wildman–Crippen LogP) is 6.04. The maximum atomic E-state index is 13.0. The average molecular weight is 522 g/mol. The second-order valence-corrected chi connectivity index (χ2v) is 10.5. The number of benzene rings is 1. The molecule has 1 aromatic carbocycles. The molecule has 0 fully saturated rings. The van der Waals surface area contributed by atoms with E-state index in [2.05, 4.69) is 14.9 Å². The summed E-state index contributed by atoms with van der Waals surface area (Å²) in [5.74, 6) is 0.424. The minimum absolute atomic E-state index is 0.161. The monoisotopic (exact) mass is 521 g/mol. The Bertz CT molecular complexity index is 1340. The Kier molecular flexibility index (Phi) is 7.58. The number of hydrogen-bond donors (Lipinski definition) is 1. The molecule has 3 aromatic heterocycles. The number of rotatable bonds is 9. The van der Waals surface area contributed by atoms with Gasteiger partial charge in [0.1, 0.15) is 10.8 Å². The average Bonchev–Trinajstić information content (AvgIpc) is 3.62. The molecule has 0 radical (unpaired) electrons. The number of aryl methyl sites for hydroxylation is 1. The minimum Gasteiger partial charge on any atom is -0.467 e. The van der Waals surface area contributed by atoms with Crippen LogP contribution in [0.25, 0.3) is 11.3 Å². The van der Waals surface area contributed by atoms with Crippen LogP contribution in [0.4, 0.5) is 5.00 Å². The van der Waals surface area contributed by atoms with Crippen LogP contribution in [0.2, 0.25) is 0 Å². The molecular formula is C27H27N3O4S2. The summed E-state index contributed by atoms with van der Waals surface area (Å²) in [4.78, 5) is 31.5. The van der Waals surface area contributed by atoms with Crippen LogP contribution in [0.1, 0.15) is 46.3 Å². The van der Waals surface area contributed by atoms with E-state index in [1.807, 2.05) is 48.7 Å². The van der Waals surface area contributed by atoms with Gasteiger partial charge in [-0.3, -0.25) is 4.79 Å². The van der Waals surface area contributed by atoms with Crippen LogP contribution >= 0.6 is 23.1 Å². The van der Waals surface area contributed by atoms with E-state index in [1.165, 1.54) is 28.0 Å². The van der Waals surface area contributed by atoms with Gasteiger partial charge in [-0.05, 0) is 55.9 Å². The molecule has 1 amide bonds.